The van der Waals surface area contributed by atoms with E-state index in [-0.39, 0.29) is 5.82 Å². The molecule has 1 aromatic heterocycles. The van der Waals surface area contributed by atoms with Crippen molar-refractivity contribution in [3.8, 4) is 0 Å². The molecule has 0 radical (unpaired) electrons. The first-order valence-corrected chi connectivity index (χ1v) is 4.31. The van der Waals surface area contributed by atoms with Gasteiger partial charge in [0.2, 0.25) is 5.82 Å². The van der Waals surface area contributed by atoms with Gasteiger partial charge in [-0.15, -0.1) is 0 Å². The SMILES string of the molecule is CC(C)(C)OC(=O)c1nccn1C(=O)O. The molecule has 1 rings (SSSR count). The van der Waals surface area contributed by atoms with Crippen LogP contribution in [-0.2, 0) is 4.74 Å². The van der Waals surface area contributed by atoms with Gasteiger partial charge in [0.05, 0.1) is 0 Å². The molecule has 0 spiro atoms. The van der Waals surface area contributed by atoms with E-state index in [1.807, 2.05) is 0 Å². The van der Waals surface area contributed by atoms with Crippen molar-refractivity contribution in [2.24, 2.45) is 0 Å². The number of esters is 1. The summed E-state index contributed by atoms with van der Waals surface area (Å²) in [5.41, 5.74) is -0.674. The van der Waals surface area contributed by atoms with E-state index < -0.39 is 17.7 Å². The second-order valence-corrected chi connectivity index (χ2v) is 3.91. The van der Waals surface area contributed by atoms with Crippen LogP contribution in [0.1, 0.15) is 31.4 Å². The van der Waals surface area contributed by atoms with Crippen LogP contribution in [0.2, 0.25) is 0 Å². The number of nitrogens with zero attached hydrogens (tertiary/aromatic N) is 2. The monoisotopic (exact) mass is 212 g/mol. The molecule has 0 saturated heterocycles. The van der Waals surface area contributed by atoms with E-state index in [4.69, 9.17) is 9.84 Å². The lowest BCUT2D eigenvalue weighted by Gasteiger charge is -2.18. The third kappa shape index (κ3) is 2.80. The van der Waals surface area contributed by atoms with Gasteiger partial charge < -0.3 is 9.84 Å². The highest BCUT2D eigenvalue weighted by molar-refractivity contribution is 5.89. The topological polar surface area (TPSA) is 81.4 Å². The second-order valence-electron chi connectivity index (χ2n) is 3.91. The predicted molar refractivity (Wildman–Crippen MR) is 50.8 cm³/mol. The minimum atomic E-state index is -1.27. The molecule has 0 bridgehead atoms. The summed E-state index contributed by atoms with van der Waals surface area (Å²) in [5, 5.41) is 8.72. The van der Waals surface area contributed by atoms with Crippen molar-refractivity contribution in [1.29, 1.82) is 0 Å². The maximum atomic E-state index is 11.5. The molecule has 0 aromatic carbocycles. The molecular weight excluding hydrogens is 200 g/mol. The summed E-state index contributed by atoms with van der Waals surface area (Å²) in [7, 11) is 0. The molecule has 0 atom stereocenters. The molecule has 0 fully saturated rings. The van der Waals surface area contributed by atoms with Crippen molar-refractivity contribution in [2.45, 2.75) is 26.4 Å². The lowest BCUT2D eigenvalue weighted by Crippen LogP contribution is -2.27. The van der Waals surface area contributed by atoms with E-state index in [1.54, 1.807) is 20.8 Å². The van der Waals surface area contributed by atoms with Gasteiger partial charge in [0.25, 0.3) is 0 Å². The van der Waals surface area contributed by atoms with Crippen molar-refractivity contribution < 1.29 is 19.4 Å². The zero-order valence-electron chi connectivity index (χ0n) is 8.72. The summed E-state index contributed by atoms with van der Waals surface area (Å²) in [4.78, 5) is 25.8. The highest BCUT2D eigenvalue weighted by Crippen LogP contribution is 2.10. The Bertz CT molecular complexity index is 389. The summed E-state index contributed by atoms with van der Waals surface area (Å²) in [6, 6.07) is 0. The van der Waals surface area contributed by atoms with E-state index in [1.165, 1.54) is 12.4 Å². The Morgan fingerprint density at radius 1 is 1.47 bits per heavy atom. The minimum absolute atomic E-state index is 0.238. The second kappa shape index (κ2) is 3.72. The number of carbonyl (C=O) groups is 2. The van der Waals surface area contributed by atoms with Crippen molar-refractivity contribution in [2.75, 3.05) is 0 Å². The predicted octanol–water partition coefficient (Wildman–Crippen LogP) is 1.36. The third-order valence-corrected chi connectivity index (χ3v) is 1.43. The minimum Gasteiger partial charge on any atom is -0.464 e. The fraction of sp³-hybridized carbons (Fsp3) is 0.444. The molecule has 82 valence electrons. The van der Waals surface area contributed by atoms with Crippen LogP contribution in [0, 0.1) is 0 Å². The standard InChI is InChI=1S/C9H12N2O4/c1-9(2,3)15-7(12)6-10-4-5-11(6)8(13)14/h4-5H,1-3H3,(H,13,14). The fourth-order valence-electron chi connectivity index (χ4n) is 0.933. The highest BCUT2D eigenvalue weighted by Gasteiger charge is 2.23. The van der Waals surface area contributed by atoms with E-state index in [9.17, 15) is 9.59 Å². The number of aromatic nitrogens is 2. The summed E-state index contributed by atoms with van der Waals surface area (Å²) < 4.78 is 5.70. The van der Waals surface area contributed by atoms with Crippen molar-refractivity contribution in [3.05, 3.63) is 18.2 Å². The van der Waals surface area contributed by atoms with Gasteiger partial charge in [-0.05, 0) is 20.8 Å². The van der Waals surface area contributed by atoms with Crippen LogP contribution in [-0.4, -0.2) is 32.3 Å². The van der Waals surface area contributed by atoms with E-state index in [0.29, 0.717) is 4.57 Å². The third-order valence-electron chi connectivity index (χ3n) is 1.43. The summed E-state index contributed by atoms with van der Waals surface area (Å²) in [6.45, 7) is 5.08. The summed E-state index contributed by atoms with van der Waals surface area (Å²) >= 11 is 0. The van der Waals surface area contributed by atoms with Gasteiger partial charge in [0.15, 0.2) is 0 Å². The normalized spacial score (nSPS) is 11.1. The first-order valence-electron chi connectivity index (χ1n) is 4.31. The lowest BCUT2D eigenvalue weighted by atomic mass is 10.2. The molecule has 6 nitrogen and oxygen atoms in total. The first-order chi connectivity index (χ1) is 6.81. The Kier molecular flexibility index (Phi) is 2.78. The molecule has 15 heavy (non-hydrogen) atoms. The maximum absolute atomic E-state index is 11.5. The lowest BCUT2D eigenvalue weighted by molar-refractivity contribution is 0.00510. The molecule has 0 aliphatic carbocycles. The van der Waals surface area contributed by atoms with Crippen LogP contribution >= 0.6 is 0 Å². The van der Waals surface area contributed by atoms with Crippen LogP contribution in [0.5, 0.6) is 0 Å². The van der Waals surface area contributed by atoms with E-state index >= 15 is 0 Å². The number of ether oxygens (including phenoxy) is 1. The Morgan fingerprint density at radius 3 is 2.53 bits per heavy atom. The first kappa shape index (κ1) is 11.2. The van der Waals surface area contributed by atoms with Crippen LogP contribution in [0.15, 0.2) is 12.4 Å². The van der Waals surface area contributed by atoms with Crippen LogP contribution in [0.25, 0.3) is 0 Å². The van der Waals surface area contributed by atoms with Crippen molar-refractivity contribution in [3.63, 3.8) is 0 Å². The molecule has 1 heterocycles. The average Bonchev–Trinajstić information content (AvgIpc) is 2.47. The van der Waals surface area contributed by atoms with Gasteiger partial charge in [0.1, 0.15) is 5.60 Å². The Morgan fingerprint density at radius 2 is 2.07 bits per heavy atom. The quantitative estimate of drug-likeness (QED) is 0.711. The average molecular weight is 212 g/mol. The van der Waals surface area contributed by atoms with Gasteiger partial charge in [-0.25, -0.2) is 19.1 Å². The molecule has 0 aliphatic rings. The van der Waals surface area contributed by atoms with Gasteiger partial charge in [0, 0.05) is 12.4 Å². The zero-order valence-corrected chi connectivity index (χ0v) is 8.72. The Labute approximate surface area is 86.5 Å². The Balaban J connectivity index is 2.92. The molecule has 0 aliphatic heterocycles. The van der Waals surface area contributed by atoms with Crippen molar-refractivity contribution >= 4 is 12.1 Å². The smallest absolute Gasteiger partial charge is 0.417 e. The molecule has 6 heteroatoms. The largest absolute Gasteiger partial charge is 0.464 e. The van der Waals surface area contributed by atoms with Gasteiger partial charge in [-0.3, -0.25) is 0 Å². The number of hydrogen-bond donors (Lipinski definition) is 1. The molecule has 0 saturated carbocycles. The summed E-state index contributed by atoms with van der Waals surface area (Å²) in [5.74, 6) is -0.993. The molecule has 1 aromatic rings. The van der Waals surface area contributed by atoms with Gasteiger partial charge >= 0.3 is 12.1 Å². The van der Waals surface area contributed by atoms with E-state index in [2.05, 4.69) is 4.98 Å². The molecule has 1 N–H and O–H groups in total. The number of carboxylic acid groups (broad SMARTS) is 1. The number of rotatable bonds is 1. The molecular formula is C9H12N2O4. The fourth-order valence-corrected chi connectivity index (χ4v) is 0.933. The highest BCUT2D eigenvalue weighted by atomic mass is 16.6. The molecule has 0 unspecified atom stereocenters. The molecule has 0 amide bonds. The van der Waals surface area contributed by atoms with E-state index in [0.717, 1.165) is 0 Å². The van der Waals surface area contributed by atoms with Gasteiger partial charge in [-0.1, -0.05) is 0 Å². The van der Waals surface area contributed by atoms with Gasteiger partial charge in [-0.2, -0.15) is 0 Å². The summed E-state index contributed by atoms with van der Waals surface area (Å²) in [6.07, 6.45) is 1.14. The van der Waals surface area contributed by atoms with Crippen LogP contribution < -0.4 is 0 Å². The number of imidazole rings is 1. The Hall–Kier alpha value is -1.85. The van der Waals surface area contributed by atoms with Crippen LogP contribution in [0.3, 0.4) is 0 Å². The number of hydrogen-bond acceptors (Lipinski definition) is 4. The van der Waals surface area contributed by atoms with Crippen molar-refractivity contribution in [1.82, 2.24) is 9.55 Å². The van der Waals surface area contributed by atoms with Crippen LogP contribution in [0.4, 0.5) is 4.79 Å². The number of carbonyl (C=O) groups excluding carboxylic acids is 1. The maximum Gasteiger partial charge on any atom is 0.417 e. The zero-order chi connectivity index (χ0) is 11.6.